The van der Waals surface area contributed by atoms with E-state index in [0.717, 1.165) is 29.1 Å². The molecule has 2 aliphatic rings. The molecule has 25 heavy (non-hydrogen) atoms. The van der Waals surface area contributed by atoms with E-state index in [4.69, 9.17) is 0 Å². The zero-order valence-corrected chi connectivity index (χ0v) is 14.7. The molecule has 1 unspecified atom stereocenters. The van der Waals surface area contributed by atoms with Crippen molar-refractivity contribution < 1.29 is 14.4 Å². The molecule has 0 radical (unpaired) electrons. The van der Waals surface area contributed by atoms with Gasteiger partial charge in [0.1, 0.15) is 17.9 Å². The normalized spacial score (nSPS) is 22.3. The van der Waals surface area contributed by atoms with Gasteiger partial charge in [0.2, 0.25) is 5.91 Å². The zero-order valence-electron chi connectivity index (χ0n) is 14.7. The summed E-state index contributed by atoms with van der Waals surface area (Å²) in [6.07, 6.45) is 3.45. The molecule has 3 rings (SSSR count). The minimum absolute atomic E-state index is 0.0589. The van der Waals surface area contributed by atoms with Crippen molar-refractivity contribution in [2.75, 3.05) is 25.5 Å². The monoisotopic (exact) mass is 345 g/mol. The van der Waals surface area contributed by atoms with Gasteiger partial charge in [0.05, 0.1) is 6.04 Å². The molecular weight excluding hydrogens is 322 g/mol. The fourth-order valence-corrected chi connectivity index (χ4v) is 3.39. The van der Waals surface area contributed by atoms with Crippen LogP contribution in [-0.2, 0) is 9.59 Å². The van der Waals surface area contributed by atoms with Crippen molar-refractivity contribution in [3.8, 4) is 0 Å². The second kappa shape index (κ2) is 6.34. The Kier molecular flexibility index (Phi) is 4.36. The van der Waals surface area contributed by atoms with E-state index in [1.807, 2.05) is 12.1 Å². The maximum Gasteiger partial charge on any atom is 0.325 e. The second-order valence-corrected chi connectivity index (χ2v) is 6.92. The molecular formula is C17H23N5O3. The Bertz CT molecular complexity index is 718. The molecule has 3 heterocycles. The van der Waals surface area contributed by atoms with E-state index >= 15 is 0 Å². The van der Waals surface area contributed by atoms with Gasteiger partial charge in [-0.2, -0.15) is 0 Å². The third kappa shape index (κ3) is 3.16. The summed E-state index contributed by atoms with van der Waals surface area (Å²) in [5.41, 5.74) is 0.0388. The van der Waals surface area contributed by atoms with Gasteiger partial charge in [-0.25, -0.2) is 9.78 Å². The molecule has 2 saturated heterocycles. The molecule has 0 bridgehead atoms. The highest BCUT2D eigenvalue weighted by molar-refractivity contribution is 6.08. The van der Waals surface area contributed by atoms with Crippen molar-refractivity contribution >= 4 is 23.7 Å². The number of amides is 4. The summed E-state index contributed by atoms with van der Waals surface area (Å²) in [7, 11) is 1.79. The Labute approximate surface area is 146 Å². The highest BCUT2D eigenvalue weighted by Crippen LogP contribution is 2.33. The molecule has 134 valence electrons. The fraction of sp³-hybridized carbons (Fsp3) is 0.529. The summed E-state index contributed by atoms with van der Waals surface area (Å²) in [6.45, 7) is 3.65. The third-order valence-electron chi connectivity index (χ3n) is 4.74. The maximum atomic E-state index is 12.8. The molecule has 0 aliphatic carbocycles. The summed E-state index contributed by atoms with van der Waals surface area (Å²) in [4.78, 5) is 44.0. The van der Waals surface area contributed by atoms with Crippen LogP contribution in [0.2, 0.25) is 0 Å². The van der Waals surface area contributed by atoms with E-state index in [1.54, 1.807) is 32.0 Å². The van der Waals surface area contributed by atoms with Crippen molar-refractivity contribution in [2.24, 2.45) is 0 Å². The summed E-state index contributed by atoms with van der Waals surface area (Å²) in [5.74, 6) is 0.155. The lowest BCUT2D eigenvalue weighted by molar-refractivity contribution is -0.139. The molecule has 1 atom stereocenters. The Morgan fingerprint density at radius 1 is 1.44 bits per heavy atom. The molecule has 1 aromatic heterocycles. The van der Waals surface area contributed by atoms with Gasteiger partial charge >= 0.3 is 6.03 Å². The molecule has 8 heteroatoms. The van der Waals surface area contributed by atoms with Crippen LogP contribution >= 0.6 is 0 Å². The van der Waals surface area contributed by atoms with Crippen LogP contribution in [0.15, 0.2) is 18.3 Å². The van der Waals surface area contributed by atoms with Gasteiger partial charge in [-0.1, -0.05) is 0 Å². The van der Waals surface area contributed by atoms with Gasteiger partial charge in [-0.05, 0) is 44.4 Å². The van der Waals surface area contributed by atoms with Crippen molar-refractivity contribution in [1.29, 1.82) is 0 Å². The smallest absolute Gasteiger partial charge is 0.325 e. The van der Waals surface area contributed by atoms with Crippen molar-refractivity contribution in [2.45, 2.75) is 38.3 Å². The SMILES string of the molecule is CNc1cc(C2CCCN2C(=O)CN2C(=O)NC(C)(C)C2=O)ccn1. The average molecular weight is 345 g/mol. The summed E-state index contributed by atoms with van der Waals surface area (Å²) in [5, 5.41) is 5.59. The summed E-state index contributed by atoms with van der Waals surface area (Å²) >= 11 is 0. The number of carbonyl (C=O) groups is 3. The van der Waals surface area contributed by atoms with Gasteiger partial charge in [0.25, 0.3) is 5.91 Å². The quantitative estimate of drug-likeness (QED) is 0.798. The number of hydrogen-bond donors (Lipinski definition) is 2. The molecule has 0 saturated carbocycles. The van der Waals surface area contributed by atoms with Gasteiger partial charge in [0.15, 0.2) is 0 Å². The first-order chi connectivity index (χ1) is 11.8. The maximum absolute atomic E-state index is 12.8. The third-order valence-corrected chi connectivity index (χ3v) is 4.74. The highest BCUT2D eigenvalue weighted by atomic mass is 16.2. The summed E-state index contributed by atoms with van der Waals surface area (Å²) < 4.78 is 0. The number of aromatic nitrogens is 1. The zero-order chi connectivity index (χ0) is 18.2. The lowest BCUT2D eigenvalue weighted by Gasteiger charge is -2.27. The number of imide groups is 1. The predicted molar refractivity (Wildman–Crippen MR) is 91.8 cm³/mol. The average Bonchev–Trinajstić information content (AvgIpc) is 3.14. The number of urea groups is 1. The first kappa shape index (κ1) is 17.2. The number of nitrogens with zero attached hydrogens (tertiary/aromatic N) is 3. The molecule has 0 aromatic carbocycles. The van der Waals surface area contributed by atoms with E-state index in [1.165, 1.54) is 0 Å². The van der Waals surface area contributed by atoms with Crippen LogP contribution in [-0.4, -0.2) is 58.3 Å². The van der Waals surface area contributed by atoms with Crippen LogP contribution < -0.4 is 10.6 Å². The lowest BCUT2D eigenvalue weighted by Crippen LogP contribution is -2.44. The Hall–Kier alpha value is -2.64. The minimum atomic E-state index is -0.964. The van der Waals surface area contributed by atoms with E-state index in [0.29, 0.717) is 6.54 Å². The van der Waals surface area contributed by atoms with Crippen LogP contribution in [0.3, 0.4) is 0 Å². The number of rotatable bonds is 4. The Morgan fingerprint density at radius 3 is 2.84 bits per heavy atom. The van der Waals surface area contributed by atoms with E-state index < -0.39 is 11.6 Å². The minimum Gasteiger partial charge on any atom is -0.373 e. The molecule has 8 nitrogen and oxygen atoms in total. The van der Waals surface area contributed by atoms with E-state index in [-0.39, 0.29) is 24.4 Å². The van der Waals surface area contributed by atoms with Crippen LogP contribution in [0.25, 0.3) is 0 Å². The van der Waals surface area contributed by atoms with Crippen LogP contribution in [0.5, 0.6) is 0 Å². The van der Waals surface area contributed by atoms with Crippen LogP contribution in [0.4, 0.5) is 10.6 Å². The van der Waals surface area contributed by atoms with E-state index in [9.17, 15) is 14.4 Å². The van der Waals surface area contributed by atoms with Crippen LogP contribution in [0.1, 0.15) is 38.3 Å². The largest absolute Gasteiger partial charge is 0.373 e. The number of likely N-dealkylation sites (tertiary alicyclic amines) is 1. The lowest BCUT2D eigenvalue weighted by atomic mass is 10.1. The first-order valence-corrected chi connectivity index (χ1v) is 8.41. The number of nitrogens with one attached hydrogen (secondary N) is 2. The molecule has 2 N–H and O–H groups in total. The Morgan fingerprint density at radius 2 is 2.20 bits per heavy atom. The number of carbonyl (C=O) groups excluding carboxylic acids is 3. The highest BCUT2D eigenvalue weighted by Gasteiger charge is 2.45. The Balaban J connectivity index is 1.75. The number of pyridine rings is 1. The van der Waals surface area contributed by atoms with Gasteiger partial charge in [-0.3, -0.25) is 14.5 Å². The van der Waals surface area contributed by atoms with Gasteiger partial charge in [-0.15, -0.1) is 0 Å². The topological polar surface area (TPSA) is 94.6 Å². The summed E-state index contributed by atoms with van der Waals surface area (Å²) in [6, 6.07) is 3.25. The number of hydrogen-bond acceptors (Lipinski definition) is 5. The molecule has 2 fully saturated rings. The molecule has 2 aliphatic heterocycles. The van der Waals surface area contributed by atoms with Gasteiger partial charge in [0, 0.05) is 19.8 Å². The van der Waals surface area contributed by atoms with Crippen molar-refractivity contribution in [3.05, 3.63) is 23.9 Å². The second-order valence-electron chi connectivity index (χ2n) is 6.92. The standard InChI is InChI=1S/C17H23N5O3/c1-17(2)15(24)22(16(25)20-17)10-14(23)21-8-4-5-12(21)11-6-7-19-13(9-11)18-3/h6-7,9,12H,4-5,8,10H2,1-3H3,(H,18,19)(H,20,25). The molecule has 1 aromatic rings. The predicted octanol–water partition coefficient (Wildman–Crippen LogP) is 1.12. The first-order valence-electron chi connectivity index (χ1n) is 8.41. The van der Waals surface area contributed by atoms with Crippen LogP contribution in [0, 0.1) is 0 Å². The molecule has 4 amide bonds. The number of anilines is 1. The van der Waals surface area contributed by atoms with Crippen molar-refractivity contribution in [3.63, 3.8) is 0 Å². The molecule has 0 spiro atoms. The van der Waals surface area contributed by atoms with Gasteiger partial charge < -0.3 is 15.5 Å². The van der Waals surface area contributed by atoms with E-state index in [2.05, 4.69) is 15.6 Å². The fourth-order valence-electron chi connectivity index (χ4n) is 3.39. The van der Waals surface area contributed by atoms with Crippen molar-refractivity contribution in [1.82, 2.24) is 20.1 Å².